The zero-order valence-electron chi connectivity index (χ0n) is 8.35. The molecule has 1 aliphatic rings. The van der Waals surface area contributed by atoms with Crippen molar-refractivity contribution in [1.82, 2.24) is 4.98 Å². The predicted molar refractivity (Wildman–Crippen MR) is 54.0 cm³/mol. The molecule has 0 unspecified atom stereocenters. The number of aromatic carboxylic acids is 1. The topological polar surface area (TPSA) is 59.4 Å². The lowest BCUT2D eigenvalue weighted by Crippen LogP contribution is -2.14. The SMILES string of the molecule is O=C(O)c1cc(C2CCOCC2)ccn1. The van der Waals surface area contributed by atoms with Gasteiger partial charge in [-0.25, -0.2) is 9.78 Å². The number of nitrogens with zero attached hydrogens (tertiary/aromatic N) is 1. The molecule has 1 fully saturated rings. The molecule has 0 saturated carbocycles. The van der Waals surface area contributed by atoms with Crippen LogP contribution in [-0.2, 0) is 4.74 Å². The van der Waals surface area contributed by atoms with E-state index < -0.39 is 5.97 Å². The van der Waals surface area contributed by atoms with E-state index in [0.717, 1.165) is 31.6 Å². The predicted octanol–water partition coefficient (Wildman–Crippen LogP) is 1.67. The molecule has 4 nitrogen and oxygen atoms in total. The Kier molecular flexibility index (Phi) is 2.97. The van der Waals surface area contributed by atoms with Gasteiger partial charge in [-0.1, -0.05) is 0 Å². The van der Waals surface area contributed by atoms with Crippen molar-refractivity contribution in [1.29, 1.82) is 0 Å². The van der Waals surface area contributed by atoms with Crippen LogP contribution >= 0.6 is 0 Å². The van der Waals surface area contributed by atoms with E-state index in [1.54, 1.807) is 12.3 Å². The summed E-state index contributed by atoms with van der Waals surface area (Å²) in [5.41, 5.74) is 1.18. The Morgan fingerprint density at radius 3 is 2.87 bits per heavy atom. The maximum atomic E-state index is 10.7. The van der Waals surface area contributed by atoms with Gasteiger partial charge in [0.2, 0.25) is 0 Å². The molecule has 80 valence electrons. The zero-order valence-corrected chi connectivity index (χ0v) is 8.35. The van der Waals surface area contributed by atoms with E-state index in [2.05, 4.69) is 4.98 Å². The molecule has 0 bridgehead atoms. The van der Waals surface area contributed by atoms with E-state index in [1.807, 2.05) is 6.07 Å². The summed E-state index contributed by atoms with van der Waals surface area (Å²) in [5.74, 6) is -0.552. The Bertz CT molecular complexity index is 359. The van der Waals surface area contributed by atoms with Crippen LogP contribution in [0.4, 0.5) is 0 Å². The van der Waals surface area contributed by atoms with Crippen LogP contribution in [0.5, 0.6) is 0 Å². The summed E-state index contributed by atoms with van der Waals surface area (Å²) in [4.78, 5) is 14.6. The summed E-state index contributed by atoms with van der Waals surface area (Å²) in [6.07, 6.45) is 3.49. The lowest BCUT2D eigenvalue weighted by Gasteiger charge is -2.22. The fraction of sp³-hybridized carbons (Fsp3) is 0.455. The second-order valence-corrected chi connectivity index (χ2v) is 3.67. The average Bonchev–Trinajstić information content (AvgIpc) is 2.30. The highest BCUT2D eigenvalue weighted by atomic mass is 16.5. The summed E-state index contributed by atoms with van der Waals surface area (Å²) in [6, 6.07) is 3.56. The van der Waals surface area contributed by atoms with Gasteiger partial charge in [0, 0.05) is 19.4 Å². The van der Waals surface area contributed by atoms with Gasteiger partial charge >= 0.3 is 5.97 Å². The zero-order chi connectivity index (χ0) is 10.7. The molecule has 15 heavy (non-hydrogen) atoms. The molecule has 0 radical (unpaired) electrons. The summed E-state index contributed by atoms with van der Waals surface area (Å²) in [5, 5.41) is 8.82. The van der Waals surface area contributed by atoms with Crippen LogP contribution in [0.1, 0.15) is 34.8 Å². The van der Waals surface area contributed by atoms with Crippen molar-refractivity contribution in [3.8, 4) is 0 Å². The van der Waals surface area contributed by atoms with Crippen LogP contribution in [-0.4, -0.2) is 29.3 Å². The quantitative estimate of drug-likeness (QED) is 0.801. The molecule has 0 atom stereocenters. The van der Waals surface area contributed by atoms with Crippen LogP contribution in [0.3, 0.4) is 0 Å². The highest BCUT2D eigenvalue weighted by Gasteiger charge is 2.17. The first kappa shape index (κ1) is 10.1. The monoisotopic (exact) mass is 207 g/mol. The molecule has 0 aromatic carbocycles. The standard InChI is InChI=1S/C11H13NO3/c13-11(14)10-7-9(1-4-12-10)8-2-5-15-6-3-8/h1,4,7-8H,2-3,5-6H2,(H,13,14). The van der Waals surface area contributed by atoms with Gasteiger partial charge in [0.15, 0.2) is 0 Å². The van der Waals surface area contributed by atoms with Crippen LogP contribution < -0.4 is 0 Å². The second kappa shape index (κ2) is 4.40. The van der Waals surface area contributed by atoms with Gasteiger partial charge < -0.3 is 9.84 Å². The lowest BCUT2D eigenvalue weighted by atomic mass is 9.92. The Morgan fingerprint density at radius 2 is 2.20 bits per heavy atom. The molecule has 1 N–H and O–H groups in total. The molecule has 1 aromatic heterocycles. The van der Waals surface area contributed by atoms with Gasteiger partial charge in [-0.15, -0.1) is 0 Å². The summed E-state index contributed by atoms with van der Waals surface area (Å²) in [7, 11) is 0. The number of hydrogen-bond donors (Lipinski definition) is 1. The minimum absolute atomic E-state index is 0.124. The molecule has 0 amide bonds. The van der Waals surface area contributed by atoms with E-state index in [4.69, 9.17) is 9.84 Å². The third-order valence-electron chi connectivity index (χ3n) is 2.70. The first-order chi connectivity index (χ1) is 7.27. The highest BCUT2D eigenvalue weighted by Crippen LogP contribution is 2.26. The molecule has 2 rings (SSSR count). The number of carboxylic acids is 1. The third-order valence-corrected chi connectivity index (χ3v) is 2.70. The average molecular weight is 207 g/mol. The molecule has 1 aromatic rings. The maximum Gasteiger partial charge on any atom is 0.354 e. The molecular weight excluding hydrogens is 194 g/mol. The minimum atomic E-state index is -0.969. The minimum Gasteiger partial charge on any atom is -0.477 e. The number of pyridine rings is 1. The van der Waals surface area contributed by atoms with E-state index >= 15 is 0 Å². The Labute approximate surface area is 87.9 Å². The Morgan fingerprint density at radius 1 is 1.47 bits per heavy atom. The van der Waals surface area contributed by atoms with Crippen molar-refractivity contribution >= 4 is 5.97 Å². The highest BCUT2D eigenvalue weighted by molar-refractivity contribution is 5.85. The van der Waals surface area contributed by atoms with Crippen LogP contribution in [0.15, 0.2) is 18.3 Å². The van der Waals surface area contributed by atoms with Crippen molar-refractivity contribution in [2.75, 3.05) is 13.2 Å². The Balaban J connectivity index is 2.19. The van der Waals surface area contributed by atoms with E-state index in [9.17, 15) is 4.79 Å². The summed E-state index contributed by atoms with van der Waals surface area (Å²) >= 11 is 0. The summed E-state index contributed by atoms with van der Waals surface area (Å²) in [6.45, 7) is 1.52. The number of ether oxygens (including phenoxy) is 1. The van der Waals surface area contributed by atoms with Crippen LogP contribution in [0.2, 0.25) is 0 Å². The first-order valence-electron chi connectivity index (χ1n) is 5.04. The van der Waals surface area contributed by atoms with Gasteiger partial charge in [0.05, 0.1) is 0 Å². The van der Waals surface area contributed by atoms with Gasteiger partial charge in [0.1, 0.15) is 5.69 Å². The number of rotatable bonds is 2. The number of hydrogen-bond acceptors (Lipinski definition) is 3. The lowest BCUT2D eigenvalue weighted by molar-refractivity contribution is 0.0690. The van der Waals surface area contributed by atoms with Gasteiger partial charge in [-0.05, 0) is 36.5 Å². The number of aromatic nitrogens is 1. The number of carbonyl (C=O) groups is 1. The van der Waals surface area contributed by atoms with Crippen molar-refractivity contribution in [2.45, 2.75) is 18.8 Å². The van der Waals surface area contributed by atoms with Crippen molar-refractivity contribution in [3.05, 3.63) is 29.6 Å². The smallest absolute Gasteiger partial charge is 0.354 e. The Hall–Kier alpha value is -1.42. The van der Waals surface area contributed by atoms with Gasteiger partial charge in [-0.2, -0.15) is 0 Å². The van der Waals surface area contributed by atoms with E-state index in [-0.39, 0.29) is 5.69 Å². The molecule has 4 heteroatoms. The van der Waals surface area contributed by atoms with Gasteiger partial charge in [-0.3, -0.25) is 0 Å². The molecule has 0 spiro atoms. The fourth-order valence-electron chi connectivity index (χ4n) is 1.85. The normalized spacial score (nSPS) is 17.6. The molecular formula is C11H13NO3. The largest absolute Gasteiger partial charge is 0.477 e. The third kappa shape index (κ3) is 2.33. The van der Waals surface area contributed by atoms with Crippen molar-refractivity contribution in [3.63, 3.8) is 0 Å². The van der Waals surface area contributed by atoms with E-state index in [0.29, 0.717) is 5.92 Å². The van der Waals surface area contributed by atoms with Crippen LogP contribution in [0.25, 0.3) is 0 Å². The fourth-order valence-corrected chi connectivity index (χ4v) is 1.85. The first-order valence-corrected chi connectivity index (χ1v) is 5.04. The van der Waals surface area contributed by atoms with Gasteiger partial charge in [0.25, 0.3) is 0 Å². The molecule has 0 aliphatic carbocycles. The number of carboxylic acid groups (broad SMARTS) is 1. The second-order valence-electron chi connectivity index (χ2n) is 3.67. The van der Waals surface area contributed by atoms with E-state index in [1.165, 1.54) is 0 Å². The van der Waals surface area contributed by atoms with Crippen LogP contribution in [0, 0.1) is 0 Å². The molecule has 2 heterocycles. The molecule has 1 aliphatic heterocycles. The molecule has 1 saturated heterocycles. The van der Waals surface area contributed by atoms with Crippen molar-refractivity contribution in [2.24, 2.45) is 0 Å². The van der Waals surface area contributed by atoms with Crippen molar-refractivity contribution < 1.29 is 14.6 Å². The maximum absolute atomic E-state index is 10.7. The summed E-state index contributed by atoms with van der Waals surface area (Å²) < 4.78 is 5.27.